The third-order valence-electron chi connectivity index (χ3n) is 2.33. The maximum atomic E-state index is 12.1. The second-order valence-corrected chi connectivity index (χ2v) is 8.08. The highest BCUT2D eigenvalue weighted by molar-refractivity contribution is 8.72. The van der Waals surface area contributed by atoms with E-state index in [-0.39, 0.29) is 0 Å². The molecule has 2 rings (SSSR count). The molecule has 2 aromatic rings. The Balaban J connectivity index is 2.27. The third kappa shape index (κ3) is 3.28. The standard InChI is InChI=1S/C13H11ClO2S2/c1-10-2-8-13(9-3-10)18(15,16)17-12-6-4-11(14)5-7-12/h2-9H,1H3. The van der Waals surface area contributed by atoms with Crippen molar-refractivity contribution in [1.29, 1.82) is 0 Å². The zero-order valence-electron chi connectivity index (χ0n) is 9.63. The Kier molecular flexibility index (Phi) is 4.00. The van der Waals surface area contributed by atoms with Gasteiger partial charge in [0.25, 0.3) is 0 Å². The van der Waals surface area contributed by atoms with E-state index in [1.807, 2.05) is 6.92 Å². The van der Waals surface area contributed by atoms with Crippen molar-refractivity contribution < 1.29 is 8.42 Å². The molecule has 0 radical (unpaired) electrons. The zero-order valence-corrected chi connectivity index (χ0v) is 12.0. The van der Waals surface area contributed by atoms with Gasteiger partial charge in [-0.05, 0) is 43.3 Å². The number of rotatable bonds is 3. The molecule has 0 fully saturated rings. The van der Waals surface area contributed by atoms with E-state index in [4.69, 9.17) is 11.6 Å². The minimum Gasteiger partial charge on any atom is -0.212 e. The summed E-state index contributed by atoms with van der Waals surface area (Å²) in [5, 5.41) is 0.590. The maximum absolute atomic E-state index is 12.1. The molecule has 0 saturated carbocycles. The minimum absolute atomic E-state index is 0.313. The van der Waals surface area contributed by atoms with Crippen molar-refractivity contribution >= 4 is 31.3 Å². The minimum atomic E-state index is -3.37. The van der Waals surface area contributed by atoms with E-state index in [2.05, 4.69) is 0 Å². The molecule has 0 saturated heterocycles. The normalized spacial score (nSPS) is 11.4. The SMILES string of the molecule is Cc1ccc(S(=O)(=O)Sc2ccc(Cl)cc2)cc1. The average molecular weight is 299 g/mol. The fourth-order valence-corrected chi connectivity index (χ4v) is 4.28. The molecule has 0 N–H and O–H groups in total. The first-order valence-electron chi connectivity index (χ1n) is 5.24. The second kappa shape index (κ2) is 5.34. The predicted octanol–water partition coefficient (Wildman–Crippen LogP) is 4.13. The van der Waals surface area contributed by atoms with Gasteiger partial charge in [-0.25, -0.2) is 8.42 Å². The molecule has 0 amide bonds. The van der Waals surface area contributed by atoms with E-state index in [0.29, 0.717) is 14.8 Å². The highest BCUT2D eigenvalue weighted by Gasteiger charge is 2.16. The molecule has 2 aromatic carbocycles. The lowest BCUT2D eigenvalue weighted by Gasteiger charge is -2.04. The van der Waals surface area contributed by atoms with Crippen LogP contribution in [0.2, 0.25) is 5.02 Å². The van der Waals surface area contributed by atoms with E-state index in [1.54, 1.807) is 48.5 Å². The fourth-order valence-electron chi connectivity index (χ4n) is 1.37. The van der Waals surface area contributed by atoms with Crippen molar-refractivity contribution in [1.82, 2.24) is 0 Å². The van der Waals surface area contributed by atoms with Crippen molar-refractivity contribution in [2.45, 2.75) is 16.7 Å². The highest BCUT2D eigenvalue weighted by atomic mass is 35.5. The predicted molar refractivity (Wildman–Crippen MR) is 75.7 cm³/mol. The van der Waals surface area contributed by atoms with Crippen LogP contribution in [0.5, 0.6) is 0 Å². The lowest BCUT2D eigenvalue weighted by atomic mass is 10.2. The summed E-state index contributed by atoms with van der Waals surface area (Å²) in [5.41, 5.74) is 1.03. The summed E-state index contributed by atoms with van der Waals surface area (Å²) >= 11 is 5.76. The van der Waals surface area contributed by atoms with Crippen molar-refractivity contribution in [2.75, 3.05) is 0 Å². The van der Waals surface area contributed by atoms with Crippen LogP contribution in [0.15, 0.2) is 58.3 Å². The van der Waals surface area contributed by atoms with Gasteiger partial charge < -0.3 is 0 Å². The van der Waals surface area contributed by atoms with E-state index in [1.165, 1.54) is 0 Å². The summed E-state index contributed by atoms with van der Waals surface area (Å²) in [6.07, 6.45) is 0. The molecule has 0 heterocycles. The van der Waals surface area contributed by atoms with Crippen LogP contribution in [0, 0.1) is 6.92 Å². The lowest BCUT2D eigenvalue weighted by Crippen LogP contribution is -1.94. The van der Waals surface area contributed by atoms with Gasteiger partial charge in [-0.2, -0.15) is 0 Å². The van der Waals surface area contributed by atoms with Crippen LogP contribution in [-0.4, -0.2) is 8.42 Å². The summed E-state index contributed by atoms with van der Waals surface area (Å²) in [4.78, 5) is 0.966. The molecule has 94 valence electrons. The number of benzene rings is 2. The first-order chi connectivity index (χ1) is 8.47. The van der Waals surface area contributed by atoms with E-state index >= 15 is 0 Å². The molecule has 0 spiro atoms. The summed E-state index contributed by atoms with van der Waals surface area (Å²) in [6, 6.07) is 13.5. The van der Waals surface area contributed by atoms with Gasteiger partial charge >= 0.3 is 0 Å². The largest absolute Gasteiger partial charge is 0.234 e. The molecule has 0 aliphatic carbocycles. The highest BCUT2D eigenvalue weighted by Crippen LogP contribution is 2.31. The van der Waals surface area contributed by atoms with E-state index in [9.17, 15) is 8.42 Å². The van der Waals surface area contributed by atoms with Crippen molar-refractivity contribution in [2.24, 2.45) is 0 Å². The molecule has 0 aromatic heterocycles. The topological polar surface area (TPSA) is 34.1 Å². The number of aryl methyl sites for hydroxylation is 1. The van der Waals surface area contributed by atoms with Gasteiger partial charge in [0, 0.05) is 20.7 Å². The van der Waals surface area contributed by atoms with Crippen molar-refractivity contribution in [3.05, 3.63) is 59.1 Å². The van der Waals surface area contributed by atoms with Gasteiger partial charge in [-0.1, -0.05) is 29.3 Å². The zero-order chi connectivity index (χ0) is 13.2. The van der Waals surface area contributed by atoms with Crippen LogP contribution in [-0.2, 0) is 8.87 Å². The molecule has 0 bridgehead atoms. The number of hydrogen-bond acceptors (Lipinski definition) is 3. The first-order valence-corrected chi connectivity index (χ1v) is 8.43. The van der Waals surface area contributed by atoms with E-state index < -0.39 is 8.87 Å². The van der Waals surface area contributed by atoms with E-state index in [0.717, 1.165) is 16.4 Å². The molecule has 0 unspecified atom stereocenters. The number of halogens is 1. The first kappa shape index (κ1) is 13.5. The van der Waals surface area contributed by atoms with Crippen LogP contribution in [0.25, 0.3) is 0 Å². The van der Waals surface area contributed by atoms with Crippen LogP contribution in [0.3, 0.4) is 0 Å². The molecule has 18 heavy (non-hydrogen) atoms. The summed E-state index contributed by atoms with van der Waals surface area (Å²) in [7, 11) is -2.54. The van der Waals surface area contributed by atoms with Gasteiger partial charge in [0.15, 0.2) is 0 Å². The lowest BCUT2D eigenvalue weighted by molar-refractivity contribution is 0.610. The Bertz CT molecular complexity index is 632. The molecule has 2 nitrogen and oxygen atoms in total. The van der Waals surface area contributed by atoms with Crippen LogP contribution >= 0.6 is 22.4 Å². The van der Waals surface area contributed by atoms with Crippen molar-refractivity contribution in [3.63, 3.8) is 0 Å². The van der Waals surface area contributed by atoms with Crippen LogP contribution < -0.4 is 0 Å². The van der Waals surface area contributed by atoms with Crippen molar-refractivity contribution in [3.8, 4) is 0 Å². The molecule has 0 aliphatic rings. The van der Waals surface area contributed by atoms with Crippen LogP contribution in [0.4, 0.5) is 0 Å². The smallest absolute Gasteiger partial charge is 0.212 e. The van der Waals surface area contributed by atoms with Gasteiger partial charge in [0.1, 0.15) is 0 Å². The monoisotopic (exact) mass is 298 g/mol. The van der Waals surface area contributed by atoms with Gasteiger partial charge in [-0.3, -0.25) is 0 Å². The Morgan fingerprint density at radius 3 is 2.06 bits per heavy atom. The Hall–Kier alpha value is -0.970. The van der Waals surface area contributed by atoms with Gasteiger partial charge in [0.05, 0.1) is 4.90 Å². The molecular formula is C13H11ClO2S2. The second-order valence-electron chi connectivity index (χ2n) is 3.80. The van der Waals surface area contributed by atoms with Gasteiger partial charge in [-0.15, -0.1) is 0 Å². The third-order valence-corrected chi connectivity index (χ3v) is 5.93. The summed E-state index contributed by atoms with van der Waals surface area (Å²) < 4.78 is 24.3. The Labute approximate surface area is 115 Å². The summed E-state index contributed by atoms with van der Waals surface area (Å²) in [5.74, 6) is 0. The fraction of sp³-hybridized carbons (Fsp3) is 0.0769. The average Bonchev–Trinajstić information content (AvgIpc) is 2.32. The quantitative estimate of drug-likeness (QED) is 0.799. The summed E-state index contributed by atoms with van der Waals surface area (Å²) in [6.45, 7) is 1.92. The maximum Gasteiger partial charge on any atom is 0.234 e. The van der Waals surface area contributed by atoms with Gasteiger partial charge in [0.2, 0.25) is 8.87 Å². The Morgan fingerprint density at radius 1 is 0.944 bits per heavy atom. The Morgan fingerprint density at radius 2 is 1.50 bits per heavy atom. The van der Waals surface area contributed by atoms with Crippen LogP contribution in [0.1, 0.15) is 5.56 Å². The number of hydrogen-bond donors (Lipinski definition) is 0. The molecule has 0 aliphatic heterocycles. The molecule has 5 heteroatoms. The molecule has 0 atom stereocenters. The molecular weight excluding hydrogens is 288 g/mol.